The van der Waals surface area contributed by atoms with Crippen molar-refractivity contribution in [3.05, 3.63) is 65.7 Å². The van der Waals surface area contributed by atoms with Crippen molar-refractivity contribution in [2.75, 3.05) is 13.2 Å². The lowest BCUT2D eigenvalue weighted by Gasteiger charge is -2.37. The molecule has 6 heteroatoms. The highest BCUT2D eigenvalue weighted by Gasteiger charge is 2.56. The molecule has 2 aromatic rings. The van der Waals surface area contributed by atoms with Crippen LogP contribution in [-0.2, 0) is 17.6 Å². The smallest absolute Gasteiger partial charge is 0.413 e. The zero-order valence-corrected chi connectivity index (χ0v) is 17.7. The van der Waals surface area contributed by atoms with Crippen molar-refractivity contribution < 1.29 is 19.4 Å². The molecule has 29 heavy (non-hydrogen) atoms. The highest BCUT2D eigenvalue weighted by Crippen LogP contribution is 2.43. The van der Waals surface area contributed by atoms with Gasteiger partial charge in [0.2, 0.25) is 0 Å². The van der Waals surface area contributed by atoms with E-state index in [-0.39, 0.29) is 19.6 Å². The van der Waals surface area contributed by atoms with Gasteiger partial charge in [-0.3, -0.25) is 4.90 Å². The molecule has 0 saturated carbocycles. The number of nitrogens with zero attached hydrogens (tertiary/aromatic N) is 1. The van der Waals surface area contributed by atoms with E-state index in [9.17, 15) is 9.90 Å². The number of aryl methyl sites for hydroxylation is 2. The molecule has 0 bridgehead atoms. The Bertz CT molecular complexity index is 827. The fourth-order valence-corrected chi connectivity index (χ4v) is 4.14. The van der Waals surface area contributed by atoms with E-state index in [1.807, 2.05) is 49.4 Å². The third-order valence-corrected chi connectivity index (χ3v) is 5.53. The van der Waals surface area contributed by atoms with Gasteiger partial charge in [0.1, 0.15) is 5.75 Å². The second-order valence-corrected chi connectivity index (χ2v) is 8.08. The molecule has 0 spiro atoms. The Morgan fingerprint density at radius 2 is 1.79 bits per heavy atom. The number of carbonyl (C=O) groups excluding carboxylic acids is 1. The fraction of sp³-hybridized carbons (Fsp3) is 0.435. The van der Waals surface area contributed by atoms with Crippen LogP contribution in [0.4, 0.5) is 4.79 Å². The summed E-state index contributed by atoms with van der Waals surface area (Å²) in [4.78, 5) is 14.0. The van der Waals surface area contributed by atoms with Gasteiger partial charge in [-0.2, -0.15) is 0 Å². The van der Waals surface area contributed by atoms with Crippen LogP contribution in [0.3, 0.4) is 0 Å². The standard InChI is InChI=1S/C23H28ClNO4/c1-3-23(16-22(24,27)17-25(23)21(26)28-4-2)29-20-13-9-8-12-19(20)15-14-18-10-6-5-7-11-18/h5-13,27H,3-4,14-17H2,1-2H3. The lowest BCUT2D eigenvalue weighted by molar-refractivity contribution is -0.0539. The number of β-amino-alcohol motifs (C(OH)–C–C–N with tert-alkyl or cyclic N) is 1. The number of alkyl halides is 1. The molecule has 156 valence electrons. The van der Waals surface area contributed by atoms with E-state index in [1.165, 1.54) is 10.5 Å². The van der Waals surface area contributed by atoms with Gasteiger partial charge in [0.15, 0.2) is 10.8 Å². The summed E-state index contributed by atoms with van der Waals surface area (Å²) >= 11 is 6.24. The molecule has 1 aliphatic rings. The summed E-state index contributed by atoms with van der Waals surface area (Å²) in [5.74, 6) is 0.689. The number of para-hydroxylation sites is 1. The minimum Gasteiger partial charge on any atom is -0.467 e. The van der Waals surface area contributed by atoms with Crippen molar-refractivity contribution in [2.24, 2.45) is 0 Å². The van der Waals surface area contributed by atoms with Crippen LogP contribution in [0, 0.1) is 0 Å². The number of amides is 1. The Morgan fingerprint density at radius 3 is 2.48 bits per heavy atom. The summed E-state index contributed by atoms with van der Waals surface area (Å²) in [6.45, 7) is 3.85. The maximum atomic E-state index is 12.5. The van der Waals surface area contributed by atoms with Gasteiger partial charge in [-0.25, -0.2) is 4.79 Å². The Morgan fingerprint density at radius 1 is 1.10 bits per heavy atom. The number of ether oxygens (including phenoxy) is 2. The molecular formula is C23H28ClNO4. The molecule has 5 nitrogen and oxygen atoms in total. The largest absolute Gasteiger partial charge is 0.467 e. The van der Waals surface area contributed by atoms with Gasteiger partial charge in [-0.1, -0.05) is 67.1 Å². The number of aliphatic hydroxyl groups is 1. The lowest BCUT2D eigenvalue weighted by Crippen LogP contribution is -2.51. The van der Waals surface area contributed by atoms with E-state index in [2.05, 4.69) is 12.1 Å². The first-order valence-corrected chi connectivity index (χ1v) is 10.4. The number of rotatable bonds is 7. The molecule has 1 fully saturated rings. The van der Waals surface area contributed by atoms with Crippen LogP contribution in [0.25, 0.3) is 0 Å². The SMILES string of the molecule is CCOC(=O)N1CC(O)(Cl)CC1(CC)Oc1ccccc1CCc1ccccc1. The van der Waals surface area contributed by atoms with Crippen LogP contribution in [0.1, 0.15) is 37.8 Å². The molecule has 1 amide bonds. The number of likely N-dealkylation sites (tertiary alicyclic amines) is 1. The van der Waals surface area contributed by atoms with Gasteiger partial charge in [0, 0.05) is 6.42 Å². The summed E-state index contributed by atoms with van der Waals surface area (Å²) in [5.41, 5.74) is 1.22. The van der Waals surface area contributed by atoms with Crippen LogP contribution < -0.4 is 4.74 Å². The van der Waals surface area contributed by atoms with Gasteiger partial charge in [0.05, 0.1) is 19.6 Å². The van der Waals surface area contributed by atoms with E-state index in [0.717, 1.165) is 18.4 Å². The second kappa shape index (κ2) is 9.06. The van der Waals surface area contributed by atoms with Crippen LogP contribution >= 0.6 is 11.6 Å². The minimum absolute atomic E-state index is 0.0482. The predicted octanol–water partition coefficient (Wildman–Crippen LogP) is 4.75. The summed E-state index contributed by atoms with van der Waals surface area (Å²) in [6.07, 6.45) is 1.71. The van der Waals surface area contributed by atoms with Crippen molar-refractivity contribution in [3.63, 3.8) is 0 Å². The van der Waals surface area contributed by atoms with Crippen molar-refractivity contribution in [1.82, 2.24) is 4.90 Å². The molecule has 0 radical (unpaired) electrons. The van der Waals surface area contributed by atoms with Crippen LogP contribution in [0.15, 0.2) is 54.6 Å². The van der Waals surface area contributed by atoms with Crippen molar-refractivity contribution in [1.29, 1.82) is 0 Å². The maximum Gasteiger partial charge on any atom is 0.413 e. The topological polar surface area (TPSA) is 59.0 Å². The van der Waals surface area contributed by atoms with Gasteiger partial charge in [-0.15, -0.1) is 0 Å². The summed E-state index contributed by atoms with van der Waals surface area (Å²) in [5, 5.41) is 8.93. The van der Waals surface area contributed by atoms with E-state index in [4.69, 9.17) is 21.1 Å². The number of benzene rings is 2. The first-order valence-electron chi connectivity index (χ1n) is 10.1. The number of hydrogen-bond acceptors (Lipinski definition) is 4. The Hall–Kier alpha value is -2.24. The lowest BCUT2D eigenvalue weighted by atomic mass is 10.0. The number of halogens is 1. The molecule has 2 aromatic carbocycles. The van der Waals surface area contributed by atoms with Crippen molar-refractivity contribution in [2.45, 2.75) is 50.3 Å². The zero-order valence-electron chi connectivity index (χ0n) is 16.9. The second-order valence-electron chi connectivity index (χ2n) is 7.37. The molecular weight excluding hydrogens is 390 g/mol. The average molecular weight is 418 g/mol. The third kappa shape index (κ3) is 5.03. The highest BCUT2D eigenvalue weighted by atomic mass is 35.5. The van der Waals surface area contributed by atoms with Crippen LogP contribution in [0.2, 0.25) is 0 Å². The Kier molecular flexibility index (Phi) is 6.70. The normalized spacial score (nSPS) is 23.8. The van der Waals surface area contributed by atoms with Crippen molar-refractivity contribution >= 4 is 17.7 Å². The zero-order chi connectivity index (χ0) is 20.9. The molecule has 2 unspecified atom stereocenters. The van der Waals surface area contributed by atoms with Gasteiger partial charge in [-0.05, 0) is 37.0 Å². The Balaban J connectivity index is 1.85. The first-order chi connectivity index (χ1) is 13.9. The first kappa shape index (κ1) is 21.5. The summed E-state index contributed by atoms with van der Waals surface area (Å²) in [7, 11) is 0. The quantitative estimate of drug-likeness (QED) is 0.660. The fourth-order valence-electron chi connectivity index (χ4n) is 3.81. The molecule has 1 N–H and O–H groups in total. The van der Waals surface area contributed by atoms with Gasteiger partial charge < -0.3 is 14.6 Å². The molecule has 1 aliphatic heterocycles. The molecule has 1 saturated heterocycles. The van der Waals surface area contributed by atoms with Crippen LogP contribution in [0.5, 0.6) is 5.75 Å². The predicted molar refractivity (Wildman–Crippen MR) is 113 cm³/mol. The summed E-state index contributed by atoms with van der Waals surface area (Å²) in [6, 6.07) is 18.1. The molecule has 0 aromatic heterocycles. The van der Waals surface area contributed by atoms with E-state index < -0.39 is 16.9 Å². The molecule has 0 aliphatic carbocycles. The third-order valence-electron chi connectivity index (χ3n) is 5.28. The Labute approximate surface area is 177 Å². The minimum atomic E-state index is -1.55. The van der Waals surface area contributed by atoms with Crippen molar-refractivity contribution in [3.8, 4) is 5.75 Å². The number of hydrogen-bond donors (Lipinski definition) is 1. The molecule has 3 rings (SSSR count). The highest BCUT2D eigenvalue weighted by molar-refractivity contribution is 6.23. The molecule has 1 heterocycles. The van der Waals surface area contributed by atoms with Gasteiger partial charge >= 0.3 is 6.09 Å². The van der Waals surface area contributed by atoms with E-state index in [0.29, 0.717) is 12.2 Å². The maximum absolute atomic E-state index is 12.5. The monoisotopic (exact) mass is 417 g/mol. The average Bonchev–Trinajstić information content (AvgIpc) is 2.99. The number of carbonyl (C=O) groups is 1. The van der Waals surface area contributed by atoms with E-state index in [1.54, 1.807) is 6.92 Å². The summed E-state index contributed by atoms with van der Waals surface area (Å²) < 4.78 is 11.6. The van der Waals surface area contributed by atoms with Crippen LogP contribution in [-0.4, -0.2) is 40.0 Å². The van der Waals surface area contributed by atoms with E-state index >= 15 is 0 Å². The van der Waals surface area contributed by atoms with Gasteiger partial charge in [0.25, 0.3) is 0 Å². The molecule has 2 atom stereocenters.